The molecule has 0 aliphatic carbocycles. The van der Waals surface area contributed by atoms with Gasteiger partial charge in [0, 0.05) is 0 Å². The first kappa shape index (κ1) is 25.2. The van der Waals surface area contributed by atoms with Crippen molar-refractivity contribution in [3.63, 3.8) is 0 Å². The number of hydrogen-bond acceptors (Lipinski definition) is 3. The maximum absolute atomic E-state index is 13.7. The zero-order valence-corrected chi connectivity index (χ0v) is 21.5. The van der Waals surface area contributed by atoms with Crippen molar-refractivity contribution in [1.82, 2.24) is 5.32 Å². The molecule has 184 valence electrons. The van der Waals surface area contributed by atoms with Crippen LogP contribution in [0.1, 0.15) is 33.9 Å². The van der Waals surface area contributed by atoms with E-state index < -0.39 is 22.0 Å². The van der Waals surface area contributed by atoms with Crippen molar-refractivity contribution < 1.29 is 13.2 Å². The number of nitrogens with zero attached hydrogens (tertiary/aromatic N) is 1. The monoisotopic (exact) mass is 498 g/mol. The maximum Gasteiger partial charge on any atom is 0.264 e. The molecule has 0 saturated heterocycles. The van der Waals surface area contributed by atoms with Gasteiger partial charge < -0.3 is 5.32 Å². The molecule has 0 saturated carbocycles. The number of benzene rings is 4. The van der Waals surface area contributed by atoms with Crippen LogP contribution >= 0.6 is 0 Å². The minimum Gasteiger partial charge on any atom is -0.344 e. The Hall–Kier alpha value is -3.90. The summed E-state index contributed by atoms with van der Waals surface area (Å²) < 4.78 is 28.6. The van der Waals surface area contributed by atoms with Crippen LogP contribution in [0.25, 0.3) is 0 Å². The van der Waals surface area contributed by atoms with Gasteiger partial charge in [-0.1, -0.05) is 84.4 Å². The smallest absolute Gasteiger partial charge is 0.264 e. The lowest BCUT2D eigenvalue weighted by Gasteiger charge is -2.27. The quantitative estimate of drug-likeness (QED) is 0.338. The average molecular weight is 499 g/mol. The van der Waals surface area contributed by atoms with Gasteiger partial charge >= 0.3 is 0 Å². The van der Waals surface area contributed by atoms with Gasteiger partial charge in [0.2, 0.25) is 5.91 Å². The standard InChI is InChI=1S/C30H30N2O3S/c1-22-16-18-27(19-17-22)36(34,35)32(26-14-9-10-23(2)20-26)21-29(33)31-30(25-12-5-4-6-13-25)28-15-8-7-11-24(28)3/h4-20,30H,21H2,1-3H3,(H,31,33)/t30-/m0/s1. The zero-order valence-electron chi connectivity index (χ0n) is 20.7. The third-order valence-electron chi connectivity index (χ3n) is 6.12. The van der Waals surface area contributed by atoms with Gasteiger partial charge in [-0.15, -0.1) is 0 Å². The van der Waals surface area contributed by atoms with Crippen molar-refractivity contribution in [1.29, 1.82) is 0 Å². The highest BCUT2D eigenvalue weighted by Gasteiger charge is 2.28. The minimum absolute atomic E-state index is 0.140. The molecule has 0 radical (unpaired) electrons. The Bertz CT molecular complexity index is 1450. The number of sulfonamides is 1. The van der Waals surface area contributed by atoms with Crippen LogP contribution in [0, 0.1) is 20.8 Å². The number of amides is 1. The van der Waals surface area contributed by atoms with E-state index in [1.165, 1.54) is 4.31 Å². The SMILES string of the molecule is Cc1ccc(S(=O)(=O)N(CC(=O)N[C@@H](c2ccccc2)c2ccccc2C)c2cccc(C)c2)cc1. The third kappa shape index (κ3) is 5.66. The van der Waals surface area contributed by atoms with Crippen LogP contribution in [0.15, 0.2) is 108 Å². The van der Waals surface area contributed by atoms with Crippen molar-refractivity contribution >= 4 is 21.6 Å². The molecule has 0 heterocycles. The normalized spacial score (nSPS) is 12.1. The molecule has 0 unspecified atom stereocenters. The van der Waals surface area contributed by atoms with Crippen LogP contribution in [0.2, 0.25) is 0 Å². The number of nitrogens with one attached hydrogen (secondary N) is 1. The number of hydrogen-bond donors (Lipinski definition) is 1. The van der Waals surface area contributed by atoms with Gasteiger partial charge in [0.25, 0.3) is 10.0 Å². The molecule has 4 aromatic carbocycles. The molecule has 0 aromatic heterocycles. The van der Waals surface area contributed by atoms with Gasteiger partial charge in [-0.25, -0.2) is 8.42 Å². The second-order valence-corrected chi connectivity index (χ2v) is 10.8. The van der Waals surface area contributed by atoms with E-state index in [9.17, 15) is 13.2 Å². The van der Waals surface area contributed by atoms with E-state index >= 15 is 0 Å². The molecular weight excluding hydrogens is 468 g/mol. The second kappa shape index (κ2) is 10.8. The highest BCUT2D eigenvalue weighted by Crippen LogP contribution is 2.27. The van der Waals surface area contributed by atoms with E-state index in [2.05, 4.69) is 5.32 Å². The van der Waals surface area contributed by atoms with Crippen LogP contribution in [-0.2, 0) is 14.8 Å². The Morgan fingerprint density at radius 1 is 0.778 bits per heavy atom. The summed E-state index contributed by atoms with van der Waals surface area (Å²) >= 11 is 0. The molecule has 1 N–H and O–H groups in total. The molecular formula is C30H30N2O3S. The lowest BCUT2D eigenvalue weighted by Crippen LogP contribution is -2.42. The Morgan fingerprint density at radius 2 is 1.44 bits per heavy atom. The molecule has 36 heavy (non-hydrogen) atoms. The van der Waals surface area contributed by atoms with E-state index in [-0.39, 0.29) is 11.4 Å². The van der Waals surface area contributed by atoms with Crippen LogP contribution in [-0.4, -0.2) is 20.9 Å². The molecule has 4 rings (SSSR count). The summed E-state index contributed by atoms with van der Waals surface area (Å²) in [6, 6.07) is 31.0. The summed E-state index contributed by atoms with van der Waals surface area (Å²) in [6.07, 6.45) is 0. The molecule has 0 spiro atoms. The van der Waals surface area contributed by atoms with Gasteiger partial charge in [0.1, 0.15) is 6.54 Å². The number of carbonyl (C=O) groups is 1. The molecule has 4 aromatic rings. The van der Waals surface area contributed by atoms with Crippen LogP contribution in [0.3, 0.4) is 0 Å². The summed E-state index contributed by atoms with van der Waals surface area (Å²) in [7, 11) is -3.98. The average Bonchev–Trinajstić information content (AvgIpc) is 2.87. The van der Waals surface area contributed by atoms with Gasteiger partial charge in [0.15, 0.2) is 0 Å². The Kier molecular flexibility index (Phi) is 7.55. The summed E-state index contributed by atoms with van der Waals surface area (Å²) in [4.78, 5) is 13.6. The number of carbonyl (C=O) groups excluding carboxylic acids is 1. The van der Waals surface area contributed by atoms with Gasteiger partial charge in [0.05, 0.1) is 16.6 Å². The first-order valence-electron chi connectivity index (χ1n) is 11.8. The summed E-state index contributed by atoms with van der Waals surface area (Å²) in [5.41, 5.74) is 5.22. The molecule has 6 heteroatoms. The van der Waals surface area contributed by atoms with Gasteiger partial charge in [-0.05, 0) is 67.3 Å². The Morgan fingerprint density at radius 3 is 2.11 bits per heavy atom. The highest BCUT2D eigenvalue weighted by atomic mass is 32.2. The largest absolute Gasteiger partial charge is 0.344 e. The van der Waals surface area contributed by atoms with Crippen molar-refractivity contribution in [2.24, 2.45) is 0 Å². The van der Waals surface area contributed by atoms with E-state index in [0.29, 0.717) is 5.69 Å². The van der Waals surface area contributed by atoms with Crippen molar-refractivity contribution in [3.05, 3.63) is 131 Å². The van der Waals surface area contributed by atoms with E-state index in [1.807, 2.05) is 81.4 Å². The molecule has 1 atom stereocenters. The minimum atomic E-state index is -3.98. The lowest BCUT2D eigenvalue weighted by molar-refractivity contribution is -0.120. The second-order valence-electron chi connectivity index (χ2n) is 8.93. The third-order valence-corrected chi connectivity index (χ3v) is 7.91. The number of aryl methyl sites for hydroxylation is 3. The Labute approximate surface area is 213 Å². The fourth-order valence-electron chi connectivity index (χ4n) is 4.17. The zero-order chi connectivity index (χ0) is 25.7. The van der Waals surface area contributed by atoms with E-state index in [1.54, 1.807) is 42.5 Å². The van der Waals surface area contributed by atoms with Crippen LogP contribution in [0.5, 0.6) is 0 Å². The highest BCUT2D eigenvalue weighted by molar-refractivity contribution is 7.92. The lowest BCUT2D eigenvalue weighted by atomic mass is 9.95. The predicted octanol–water partition coefficient (Wildman–Crippen LogP) is 5.71. The van der Waals surface area contributed by atoms with E-state index in [0.717, 1.165) is 27.8 Å². The summed E-state index contributed by atoms with van der Waals surface area (Å²) in [5, 5.41) is 3.09. The Balaban J connectivity index is 1.70. The van der Waals surface area contributed by atoms with Gasteiger partial charge in [-0.3, -0.25) is 9.10 Å². The van der Waals surface area contributed by atoms with Crippen LogP contribution in [0.4, 0.5) is 5.69 Å². The maximum atomic E-state index is 13.7. The van der Waals surface area contributed by atoms with Crippen LogP contribution < -0.4 is 9.62 Å². The van der Waals surface area contributed by atoms with Gasteiger partial charge in [-0.2, -0.15) is 0 Å². The first-order chi connectivity index (χ1) is 17.3. The molecule has 1 amide bonds. The predicted molar refractivity (Wildman–Crippen MR) is 144 cm³/mol. The van der Waals surface area contributed by atoms with Crippen molar-refractivity contribution in [2.75, 3.05) is 10.8 Å². The first-order valence-corrected chi connectivity index (χ1v) is 13.3. The van der Waals surface area contributed by atoms with Crippen molar-refractivity contribution in [3.8, 4) is 0 Å². The molecule has 0 fully saturated rings. The molecule has 5 nitrogen and oxygen atoms in total. The fraction of sp³-hybridized carbons (Fsp3) is 0.167. The number of anilines is 1. The molecule has 0 aliphatic heterocycles. The van der Waals surface area contributed by atoms with Crippen molar-refractivity contribution in [2.45, 2.75) is 31.7 Å². The fourth-order valence-corrected chi connectivity index (χ4v) is 5.58. The number of rotatable bonds is 8. The summed E-state index contributed by atoms with van der Waals surface area (Å²) in [5.74, 6) is -0.399. The van der Waals surface area contributed by atoms with E-state index in [4.69, 9.17) is 0 Å². The topological polar surface area (TPSA) is 66.5 Å². The molecule has 0 aliphatic rings. The summed E-state index contributed by atoms with van der Waals surface area (Å²) in [6.45, 7) is 5.44. The molecule has 0 bridgehead atoms.